The molecule has 0 aliphatic rings. The molecule has 1 N–H and O–H groups in total. The van der Waals surface area contributed by atoms with E-state index in [1.54, 1.807) is 6.07 Å². The molecule has 0 aliphatic heterocycles. The summed E-state index contributed by atoms with van der Waals surface area (Å²) in [6, 6.07) is 9.69. The molecule has 0 spiro atoms. The van der Waals surface area contributed by atoms with Gasteiger partial charge in [-0.15, -0.1) is 0 Å². The molecule has 18 heavy (non-hydrogen) atoms. The largest absolute Gasteiger partial charge is 0.439 e. The van der Waals surface area contributed by atoms with Crippen LogP contribution < -0.4 is 10.1 Å². The Morgan fingerprint density at radius 2 is 2.00 bits per heavy atom. The van der Waals surface area contributed by atoms with Crippen molar-refractivity contribution in [3.8, 4) is 11.6 Å². The van der Waals surface area contributed by atoms with E-state index in [0.29, 0.717) is 11.7 Å². The smallest absolute Gasteiger partial charge is 0.224 e. The van der Waals surface area contributed by atoms with Crippen molar-refractivity contribution in [1.82, 2.24) is 9.97 Å². The minimum Gasteiger partial charge on any atom is -0.439 e. The predicted octanol–water partition coefficient (Wildman–Crippen LogP) is 3.32. The number of rotatable bonds is 4. The monoisotopic (exact) mass is 243 g/mol. The lowest BCUT2D eigenvalue weighted by Crippen LogP contribution is -2.02. The number of aromatic nitrogens is 2. The number of nitrogens with zero attached hydrogens (tertiary/aromatic N) is 2. The average molecular weight is 243 g/mol. The second kappa shape index (κ2) is 5.49. The fourth-order valence-electron chi connectivity index (χ4n) is 1.66. The molecule has 4 nitrogen and oxygen atoms in total. The summed E-state index contributed by atoms with van der Waals surface area (Å²) in [6.07, 6.45) is 0. The summed E-state index contributed by atoms with van der Waals surface area (Å²) in [5, 5.41) is 3.15. The van der Waals surface area contributed by atoms with Gasteiger partial charge in [-0.05, 0) is 38.5 Å². The molecule has 0 saturated heterocycles. The maximum absolute atomic E-state index is 5.74. The van der Waals surface area contributed by atoms with Gasteiger partial charge in [0.05, 0.1) is 0 Å². The van der Waals surface area contributed by atoms with E-state index in [0.717, 1.165) is 23.7 Å². The summed E-state index contributed by atoms with van der Waals surface area (Å²) in [6.45, 7) is 6.73. The first kappa shape index (κ1) is 12.4. The van der Waals surface area contributed by atoms with Gasteiger partial charge in [0.2, 0.25) is 5.88 Å². The van der Waals surface area contributed by atoms with E-state index in [1.807, 2.05) is 45.0 Å². The van der Waals surface area contributed by atoms with Crippen LogP contribution in [-0.2, 0) is 0 Å². The van der Waals surface area contributed by atoms with Gasteiger partial charge >= 0.3 is 0 Å². The lowest BCUT2D eigenvalue weighted by atomic mass is 10.2. The number of nitrogens with one attached hydrogen (secondary N) is 1. The SMILES string of the molecule is CCNc1cc(Oc2cccc(C)c2)nc(C)n1. The van der Waals surface area contributed by atoms with Crippen LogP contribution in [0.3, 0.4) is 0 Å². The minimum atomic E-state index is 0.559. The molecular formula is C14H17N3O. The molecule has 94 valence electrons. The van der Waals surface area contributed by atoms with Crippen molar-refractivity contribution >= 4 is 5.82 Å². The summed E-state index contributed by atoms with van der Waals surface area (Å²) in [4.78, 5) is 8.55. The normalized spacial score (nSPS) is 10.2. The van der Waals surface area contributed by atoms with E-state index < -0.39 is 0 Å². The highest BCUT2D eigenvalue weighted by Gasteiger charge is 2.03. The molecule has 1 aromatic carbocycles. The summed E-state index contributed by atoms with van der Waals surface area (Å²) in [5.74, 6) is 2.82. The Balaban J connectivity index is 2.23. The lowest BCUT2D eigenvalue weighted by molar-refractivity contribution is 0.460. The third-order valence-corrected chi connectivity index (χ3v) is 2.38. The number of ether oxygens (including phenoxy) is 1. The number of anilines is 1. The Hall–Kier alpha value is -2.10. The topological polar surface area (TPSA) is 47.0 Å². The van der Waals surface area contributed by atoms with Gasteiger partial charge in [0.1, 0.15) is 17.4 Å². The molecule has 0 radical (unpaired) electrons. The fourth-order valence-corrected chi connectivity index (χ4v) is 1.66. The zero-order valence-corrected chi connectivity index (χ0v) is 10.9. The molecule has 0 fully saturated rings. The van der Waals surface area contributed by atoms with Crippen LogP contribution in [-0.4, -0.2) is 16.5 Å². The van der Waals surface area contributed by atoms with E-state index in [1.165, 1.54) is 0 Å². The molecule has 1 aromatic heterocycles. The van der Waals surface area contributed by atoms with Crippen LogP contribution in [0.2, 0.25) is 0 Å². The predicted molar refractivity (Wildman–Crippen MR) is 72.2 cm³/mol. The first-order valence-corrected chi connectivity index (χ1v) is 6.01. The zero-order valence-electron chi connectivity index (χ0n) is 10.9. The molecule has 0 aliphatic carbocycles. The van der Waals surface area contributed by atoms with Crippen molar-refractivity contribution in [2.45, 2.75) is 20.8 Å². The van der Waals surface area contributed by atoms with Crippen molar-refractivity contribution in [3.63, 3.8) is 0 Å². The maximum atomic E-state index is 5.74. The zero-order chi connectivity index (χ0) is 13.0. The molecular weight excluding hydrogens is 226 g/mol. The molecule has 0 amide bonds. The fraction of sp³-hybridized carbons (Fsp3) is 0.286. The van der Waals surface area contributed by atoms with Gasteiger partial charge in [-0.1, -0.05) is 12.1 Å². The van der Waals surface area contributed by atoms with Crippen LogP contribution in [0, 0.1) is 13.8 Å². The van der Waals surface area contributed by atoms with Gasteiger partial charge < -0.3 is 10.1 Å². The van der Waals surface area contributed by atoms with E-state index in [-0.39, 0.29) is 0 Å². The van der Waals surface area contributed by atoms with Gasteiger partial charge in [0, 0.05) is 12.6 Å². The van der Waals surface area contributed by atoms with Gasteiger partial charge in [-0.25, -0.2) is 4.98 Å². The summed E-state index contributed by atoms with van der Waals surface area (Å²) in [7, 11) is 0. The van der Waals surface area contributed by atoms with E-state index in [4.69, 9.17) is 4.74 Å². The first-order valence-electron chi connectivity index (χ1n) is 6.01. The van der Waals surface area contributed by atoms with Gasteiger partial charge in [-0.3, -0.25) is 0 Å². The van der Waals surface area contributed by atoms with Gasteiger partial charge in [-0.2, -0.15) is 4.98 Å². The molecule has 0 bridgehead atoms. The van der Waals surface area contributed by atoms with Crippen molar-refractivity contribution in [1.29, 1.82) is 0 Å². The summed E-state index contributed by atoms with van der Waals surface area (Å²) < 4.78 is 5.74. The highest BCUT2D eigenvalue weighted by atomic mass is 16.5. The Morgan fingerprint density at radius 1 is 1.17 bits per heavy atom. The Bertz CT molecular complexity index is 540. The molecule has 2 rings (SSSR count). The van der Waals surface area contributed by atoms with Crippen LogP contribution in [0.15, 0.2) is 30.3 Å². The third kappa shape index (κ3) is 3.20. The van der Waals surface area contributed by atoms with Crippen LogP contribution in [0.1, 0.15) is 18.3 Å². The van der Waals surface area contributed by atoms with Crippen molar-refractivity contribution < 1.29 is 4.74 Å². The molecule has 4 heteroatoms. The van der Waals surface area contributed by atoms with Crippen molar-refractivity contribution in [2.75, 3.05) is 11.9 Å². The summed E-state index contributed by atoms with van der Waals surface area (Å²) in [5.41, 5.74) is 1.16. The number of benzene rings is 1. The van der Waals surface area contributed by atoms with Crippen LogP contribution in [0.4, 0.5) is 5.82 Å². The van der Waals surface area contributed by atoms with E-state index >= 15 is 0 Å². The van der Waals surface area contributed by atoms with Gasteiger partial charge in [0.15, 0.2) is 0 Å². The van der Waals surface area contributed by atoms with E-state index in [9.17, 15) is 0 Å². The quantitative estimate of drug-likeness (QED) is 0.894. The molecule has 2 aromatic rings. The molecule has 0 unspecified atom stereocenters. The maximum Gasteiger partial charge on any atom is 0.224 e. The number of hydrogen-bond acceptors (Lipinski definition) is 4. The minimum absolute atomic E-state index is 0.559. The van der Waals surface area contributed by atoms with Crippen LogP contribution >= 0.6 is 0 Å². The third-order valence-electron chi connectivity index (χ3n) is 2.38. The second-order valence-electron chi connectivity index (χ2n) is 4.09. The Kier molecular flexibility index (Phi) is 3.77. The van der Waals surface area contributed by atoms with E-state index in [2.05, 4.69) is 15.3 Å². The second-order valence-corrected chi connectivity index (χ2v) is 4.09. The Morgan fingerprint density at radius 3 is 2.72 bits per heavy atom. The molecule has 1 heterocycles. The van der Waals surface area contributed by atoms with Crippen molar-refractivity contribution in [3.05, 3.63) is 41.7 Å². The molecule has 0 atom stereocenters. The van der Waals surface area contributed by atoms with Gasteiger partial charge in [0.25, 0.3) is 0 Å². The highest BCUT2D eigenvalue weighted by Crippen LogP contribution is 2.22. The summed E-state index contributed by atoms with van der Waals surface area (Å²) >= 11 is 0. The first-order chi connectivity index (χ1) is 8.67. The Labute approximate surface area is 107 Å². The highest BCUT2D eigenvalue weighted by molar-refractivity contribution is 5.40. The number of hydrogen-bond donors (Lipinski definition) is 1. The van der Waals surface area contributed by atoms with Crippen molar-refractivity contribution in [2.24, 2.45) is 0 Å². The average Bonchev–Trinajstić information content (AvgIpc) is 2.28. The molecule has 0 saturated carbocycles. The number of aryl methyl sites for hydroxylation is 2. The van der Waals surface area contributed by atoms with Crippen LogP contribution in [0.25, 0.3) is 0 Å². The standard InChI is InChI=1S/C14H17N3O/c1-4-15-13-9-14(17-11(3)16-13)18-12-7-5-6-10(2)8-12/h5-9H,4H2,1-3H3,(H,15,16,17). The lowest BCUT2D eigenvalue weighted by Gasteiger charge is -2.08. The van der Waals surface area contributed by atoms with Crippen LogP contribution in [0.5, 0.6) is 11.6 Å².